The van der Waals surface area contributed by atoms with Crippen molar-refractivity contribution in [2.45, 2.75) is 431 Å². The fourth-order valence-electron chi connectivity index (χ4n) is 11.8. The maximum Gasteiger partial charge on any atom is 0.305 e. The van der Waals surface area contributed by atoms with Gasteiger partial charge in [0.15, 0.2) is 0 Å². The Balaban J connectivity index is 3.31. The van der Waals surface area contributed by atoms with Crippen LogP contribution in [0.5, 0.6) is 0 Å². The molecule has 470 valence electrons. The van der Waals surface area contributed by atoms with Gasteiger partial charge in [0.2, 0.25) is 5.91 Å². The molecule has 0 aromatic heterocycles. The Kier molecular flexibility index (Phi) is 67.9. The summed E-state index contributed by atoms with van der Waals surface area (Å²) in [7, 11) is 0. The van der Waals surface area contributed by atoms with E-state index < -0.39 is 12.1 Å². The third-order valence-corrected chi connectivity index (χ3v) is 17.3. The minimum absolute atomic E-state index is 0.0250. The second-order valence-corrected chi connectivity index (χ2v) is 25.3. The predicted molar refractivity (Wildman–Crippen MR) is 347 cm³/mol. The average Bonchev–Trinajstić information content (AvgIpc) is 3.45. The van der Waals surface area contributed by atoms with Gasteiger partial charge >= 0.3 is 5.97 Å². The van der Waals surface area contributed by atoms with Gasteiger partial charge in [0.1, 0.15) is 0 Å². The van der Waals surface area contributed by atoms with Gasteiger partial charge in [-0.1, -0.05) is 386 Å². The monoisotopic (exact) mass is 1110 g/mol. The molecule has 6 heteroatoms. The highest BCUT2D eigenvalue weighted by Crippen LogP contribution is 2.19. The van der Waals surface area contributed by atoms with Gasteiger partial charge in [-0.15, -0.1) is 0 Å². The summed E-state index contributed by atoms with van der Waals surface area (Å²) in [5.41, 5.74) is 0. The van der Waals surface area contributed by atoms with Gasteiger partial charge in [-0.05, 0) is 32.1 Å². The van der Waals surface area contributed by atoms with E-state index in [2.05, 4.69) is 19.2 Å². The highest BCUT2D eigenvalue weighted by atomic mass is 16.5. The maximum atomic E-state index is 12.5. The lowest BCUT2D eigenvalue weighted by atomic mass is 10.0. The van der Waals surface area contributed by atoms with E-state index in [1.807, 2.05) is 6.08 Å². The molecule has 0 saturated heterocycles. The van der Waals surface area contributed by atoms with E-state index in [9.17, 15) is 19.8 Å². The number of ether oxygens (including phenoxy) is 1. The van der Waals surface area contributed by atoms with Gasteiger partial charge in [0.05, 0.1) is 25.4 Å². The van der Waals surface area contributed by atoms with Crippen LogP contribution in [-0.2, 0) is 14.3 Å². The van der Waals surface area contributed by atoms with E-state index >= 15 is 0 Å². The van der Waals surface area contributed by atoms with Crippen LogP contribution < -0.4 is 5.32 Å². The first-order valence-electron chi connectivity index (χ1n) is 36.5. The Morgan fingerprint density at radius 2 is 0.582 bits per heavy atom. The van der Waals surface area contributed by atoms with E-state index in [0.29, 0.717) is 19.4 Å². The minimum atomic E-state index is -0.841. The number of esters is 1. The summed E-state index contributed by atoms with van der Waals surface area (Å²) in [5, 5.41) is 23.1. The summed E-state index contributed by atoms with van der Waals surface area (Å²) in [6.07, 6.45) is 85.9. The molecule has 0 aliphatic rings. The highest BCUT2D eigenvalue weighted by Gasteiger charge is 2.18. The second kappa shape index (κ2) is 69.1. The maximum absolute atomic E-state index is 12.5. The largest absolute Gasteiger partial charge is 0.466 e. The smallest absolute Gasteiger partial charge is 0.305 e. The number of hydrogen-bond acceptors (Lipinski definition) is 5. The zero-order valence-corrected chi connectivity index (χ0v) is 53.9. The lowest BCUT2D eigenvalue weighted by Crippen LogP contribution is -2.45. The van der Waals surface area contributed by atoms with Crippen molar-refractivity contribution >= 4 is 11.9 Å². The number of unbranched alkanes of at least 4 members (excludes halogenated alkanes) is 58. The molecular formula is C73H143NO5. The number of carbonyl (C=O) groups is 2. The Bertz CT molecular complexity index is 1190. The number of allylic oxidation sites excluding steroid dienone is 1. The van der Waals surface area contributed by atoms with Crippen LogP contribution in [0.2, 0.25) is 0 Å². The summed E-state index contributed by atoms with van der Waals surface area (Å²) < 4.78 is 5.52. The van der Waals surface area contributed by atoms with Crippen molar-refractivity contribution in [3.63, 3.8) is 0 Å². The van der Waals surface area contributed by atoms with Crippen molar-refractivity contribution < 1.29 is 24.5 Å². The second-order valence-electron chi connectivity index (χ2n) is 25.3. The normalized spacial score (nSPS) is 12.5. The van der Waals surface area contributed by atoms with E-state index in [1.165, 1.54) is 353 Å². The first-order chi connectivity index (χ1) is 39.0. The molecule has 2 unspecified atom stereocenters. The number of aliphatic hydroxyl groups is 2. The van der Waals surface area contributed by atoms with Crippen LogP contribution in [-0.4, -0.2) is 47.4 Å². The highest BCUT2D eigenvalue weighted by molar-refractivity contribution is 5.76. The van der Waals surface area contributed by atoms with Crippen LogP contribution >= 0.6 is 0 Å². The van der Waals surface area contributed by atoms with Gasteiger partial charge in [-0.3, -0.25) is 9.59 Å². The van der Waals surface area contributed by atoms with Gasteiger partial charge in [-0.2, -0.15) is 0 Å². The first-order valence-corrected chi connectivity index (χ1v) is 36.5. The van der Waals surface area contributed by atoms with Gasteiger partial charge in [-0.25, -0.2) is 0 Å². The van der Waals surface area contributed by atoms with Gasteiger partial charge in [0.25, 0.3) is 0 Å². The van der Waals surface area contributed by atoms with Crippen LogP contribution in [0.1, 0.15) is 418 Å². The van der Waals surface area contributed by atoms with Crippen molar-refractivity contribution in [2.75, 3.05) is 13.2 Å². The molecule has 3 N–H and O–H groups in total. The van der Waals surface area contributed by atoms with Crippen LogP contribution in [0.15, 0.2) is 12.2 Å². The molecule has 0 bridgehead atoms. The molecular weight excluding hydrogens is 971 g/mol. The van der Waals surface area contributed by atoms with Crippen LogP contribution in [0.25, 0.3) is 0 Å². The van der Waals surface area contributed by atoms with E-state index in [-0.39, 0.29) is 18.5 Å². The van der Waals surface area contributed by atoms with Gasteiger partial charge < -0.3 is 20.3 Å². The zero-order chi connectivity index (χ0) is 57.1. The number of amides is 1. The summed E-state index contributed by atoms with van der Waals surface area (Å²) in [4.78, 5) is 24.6. The van der Waals surface area contributed by atoms with Crippen molar-refractivity contribution in [1.29, 1.82) is 0 Å². The molecule has 2 atom stereocenters. The fraction of sp³-hybridized carbons (Fsp3) is 0.945. The minimum Gasteiger partial charge on any atom is -0.466 e. The molecule has 0 aromatic rings. The Morgan fingerprint density at radius 1 is 0.342 bits per heavy atom. The lowest BCUT2D eigenvalue weighted by molar-refractivity contribution is -0.143. The molecule has 0 heterocycles. The summed E-state index contributed by atoms with van der Waals surface area (Å²) >= 11 is 0. The predicted octanol–water partition coefficient (Wildman–Crippen LogP) is 23.5. The molecule has 0 aromatic carbocycles. The molecule has 0 aliphatic carbocycles. The van der Waals surface area contributed by atoms with Crippen LogP contribution in [0.4, 0.5) is 0 Å². The van der Waals surface area contributed by atoms with Gasteiger partial charge in [0, 0.05) is 12.8 Å². The molecule has 0 radical (unpaired) electrons. The number of hydrogen-bond donors (Lipinski definition) is 3. The zero-order valence-electron chi connectivity index (χ0n) is 53.9. The molecule has 0 fully saturated rings. The van der Waals surface area contributed by atoms with E-state index in [1.54, 1.807) is 6.08 Å². The molecule has 79 heavy (non-hydrogen) atoms. The third-order valence-electron chi connectivity index (χ3n) is 17.3. The number of aliphatic hydroxyl groups excluding tert-OH is 2. The fourth-order valence-corrected chi connectivity index (χ4v) is 11.8. The number of nitrogens with one attached hydrogen (secondary N) is 1. The molecule has 0 saturated carbocycles. The number of rotatable bonds is 69. The molecule has 0 rings (SSSR count). The van der Waals surface area contributed by atoms with Crippen LogP contribution in [0.3, 0.4) is 0 Å². The van der Waals surface area contributed by atoms with Crippen molar-refractivity contribution in [3.8, 4) is 0 Å². The Morgan fingerprint density at radius 3 is 0.861 bits per heavy atom. The quantitative estimate of drug-likeness (QED) is 0.0320. The molecule has 0 spiro atoms. The van der Waals surface area contributed by atoms with Crippen LogP contribution in [0, 0.1) is 0 Å². The molecule has 6 nitrogen and oxygen atoms in total. The average molecular weight is 1110 g/mol. The van der Waals surface area contributed by atoms with E-state index in [4.69, 9.17) is 4.74 Å². The summed E-state index contributed by atoms with van der Waals surface area (Å²) in [5.74, 6) is -0.0368. The lowest BCUT2D eigenvalue weighted by Gasteiger charge is -2.20. The molecule has 0 aliphatic heterocycles. The van der Waals surface area contributed by atoms with Crippen molar-refractivity contribution in [3.05, 3.63) is 12.2 Å². The Hall–Kier alpha value is -1.40. The summed E-state index contributed by atoms with van der Waals surface area (Å²) in [6.45, 7) is 4.95. The van der Waals surface area contributed by atoms with Crippen molar-refractivity contribution in [1.82, 2.24) is 5.32 Å². The molecule has 1 amide bonds. The standard InChI is InChI=1S/C73H143NO5/c1-3-5-7-9-11-13-15-17-19-20-32-36-39-43-47-51-55-59-63-67-73(78)79-68-64-60-56-52-48-44-40-37-34-31-29-27-25-23-21-22-24-26-28-30-33-35-38-42-46-50-54-58-62-66-72(77)74-70(69-75)71(76)65-61-57-53-49-45-41-18-16-14-12-10-8-6-4-2/h61,65,70-71,75-76H,3-60,62-64,66-69H2,1-2H3,(H,74,77)/b65-61+. The third kappa shape index (κ3) is 65.6. The number of carbonyl (C=O) groups excluding carboxylic acids is 2. The van der Waals surface area contributed by atoms with Crippen molar-refractivity contribution in [2.24, 2.45) is 0 Å². The SMILES string of the molecule is CCCCCCCCCCCCCC/C=C/C(O)C(CO)NC(=O)CCCCCCCCCCCCCCCCCCCCCCCCCCCCCCCOC(=O)CCCCCCCCCCCCCCCCCCCCC. The Labute approximate surface area is 495 Å². The topological polar surface area (TPSA) is 95.9 Å². The first kappa shape index (κ1) is 77.6. The van der Waals surface area contributed by atoms with E-state index in [0.717, 1.165) is 38.5 Å². The summed E-state index contributed by atoms with van der Waals surface area (Å²) in [6, 6.07) is -0.624.